The van der Waals surface area contributed by atoms with Gasteiger partial charge in [-0.15, -0.1) is 0 Å². The van der Waals surface area contributed by atoms with E-state index in [-0.39, 0.29) is 0 Å². The first-order chi connectivity index (χ1) is 27.3. The highest BCUT2D eigenvalue weighted by Crippen LogP contribution is 2.58. The van der Waals surface area contributed by atoms with Crippen LogP contribution in [0.5, 0.6) is 0 Å². The van der Waals surface area contributed by atoms with E-state index in [2.05, 4.69) is 152 Å². The second-order valence-electron chi connectivity index (χ2n) is 13.9. The summed E-state index contributed by atoms with van der Waals surface area (Å²) in [7, 11) is 0. The molecule has 1 aromatic heterocycles. The van der Waals surface area contributed by atoms with Crippen molar-refractivity contribution < 1.29 is 0 Å². The van der Waals surface area contributed by atoms with Crippen LogP contribution in [0.1, 0.15) is 22.3 Å². The maximum atomic E-state index is 4.92. The molecule has 0 fully saturated rings. The van der Waals surface area contributed by atoms with Crippen LogP contribution in [-0.4, -0.2) is 15.0 Å². The van der Waals surface area contributed by atoms with Gasteiger partial charge in [-0.25, -0.2) is 15.0 Å². The lowest BCUT2D eigenvalue weighted by Crippen LogP contribution is -2.28. The number of benzene rings is 8. The van der Waals surface area contributed by atoms with E-state index in [0.717, 1.165) is 27.8 Å². The summed E-state index contributed by atoms with van der Waals surface area (Å²) in [6.45, 7) is 0. The van der Waals surface area contributed by atoms with E-state index >= 15 is 0 Å². The van der Waals surface area contributed by atoms with Crippen molar-refractivity contribution in [2.75, 3.05) is 0 Å². The molecule has 10 rings (SSSR count). The summed E-state index contributed by atoms with van der Waals surface area (Å²) in [5.74, 6) is 1.96. The topological polar surface area (TPSA) is 38.7 Å². The van der Waals surface area contributed by atoms with E-state index in [1.807, 2.05) is 60.7 Å². The number of rotatable bonds is 7. The first-order valence-corrected chi connectivity index (χ1v) is 18.7. The zero-order chi connectivity index (χ0) is 36.6. The highest BCUT2D eigenvalue weighted by molar-refractivity contribution is 5.95. The molecule has 0 saturated carbocycles. The van der Waals surface area contributed by atoms with Crippen LogP contribution in [0.4, 0.5) is 0 Å². The summed E-state index contributed by atoms with van der Waals surface area (Å²) >= 11 is 0. The third-order valence-corrected chi connectivity index (χ3v) is 10.9. The maximum Gasteiger partial charge on any atom is 0.164 e. The smallest absolute Gasteiger partial charge is 0.164 e. The molecule has 1 heterocycles. The second kappa shape index (κ2) is 13.6. The minimum Gasteiger partial charge on any atom is -0.208 e. The van der Waals surface area contributed by atoms with E-state index in [4.69, 9.17) is 15.0 Å². The Kier molecular flexibility index (Phi) is 8.04. The minimum absolute atomic E-state index is 0.422. The van der Waals surface area contributed by atoms with E-state index in [1.54, 1.807) is 0 Å². The molecule has 9 aromatic rings. The molecule has 258 valence electrons. The minimum atomic E-state index is -0.422. The van der Waals surface area contributed by atoms with E-state index in [9.17, 15) is 0 Å². The Bertz CT molecular complexity index is 2660. The molecule has 0 radical (unpaired) electrons. The summed E-state index contributed by atoms with van der Waals surface area (Å²) in [5, 5.41) is 0. The fourth-order valence-electron chi connectivity index (χ4n) is 8.33. The summed E-state index contributed by atoms with van der Waals surface area (Å²) in [6.07, 6.45) is 0. The van der Waals surface area contributed by atoms with Gasteiger partial charge >= 0.3 is 0 Å². The van der Waals surface area contributed by atoms with Crippen LogP contribution in [0.25, 0.3) is 67.5 Å². The molecule has 55 heavy (non-hydrogen) atoms. The van der Waals surface area contributed by atoms with E-state index < -0.39 is 5.41 Å². The number of aromatic nitrogens is 3. The van der Waals surface area contributed by atoms with Gasteiger partial charge in [-0.05, 0) is 55.6 Å². The quantitative estimate of drug-likeness (QED) is 0.166. The van der Waals surface area contributed by atoms with Gasteiger partial charge in [0.05, 0.1) is 5.41 Å². The molecule has 0 spiro atoms. The first kappa shape index (κ1) is 32.4. The van der Waals surface area contributed by atoms with Crippen molar-refractivity contribution >= 4 is 0 Å². The Hall–Kier alpha value is -7.23. The lowest BCUT2D eigenvalue weighted by atomic mass is 9.67. The first-order valence-electron chi connectivity index (χ1n) is 18.7. The molecule has 0 unspecified atom stereocenters. The van der Waals surface area contributed by atoms with Crippen LogP contribution in [0.2, 0.25) is 0 Å². The van der Waals surface area contributed by atoms with Crippen LogP contribution < -0.4 is 0 Å². The Balaban J connectivity index is 1.02. The normalized spacial score (nSPS) is 12.5. The van der Waals surface area contributed by atoms with Gasteiger partial charge in [0.1, 0.15) is 0 Å². The summed E-state index contributed by atoms with van der Waals surface area (Å²) in [6, 6.07) is 75.4. The van der Waals surface area contributed by atoms with Crippen molar-refractivity contribution in [3.63, 3.8) is 0 Å². The molecule has 0 saturated heterocycles. The van der Waals surface area contributed by atoms with Gasteiger partial charge in [-0.3, -0.25) is 0 Å². The Morgan fingerprint density at radius 2 is 0.618 bits per heavy atom. The third-order valence-electron chi connectivity index (χ3n) is 10.9. The van der Waals surface area contributed by atoms with Gasteiger partial charge in [0.15, 0.2) is 17.5 Å². The number of hydrogen-bond acceptors (Lipinski definition) is 3. The maximum absolute atomic E-state index is 4.92. The van der Waals surface area contributed by atoms with Crippen molar-refractivity contribution in [2.45, 2.75) is 5.41 Å². The molecule has 0 atom stereocenters. The van der Waals surface area contributed by atoms with E-state index in [0.29, 0.717) is 17.5 Å². The van der Waals surface area contributed by atoms with Gasteiger partial charge in [-0.2, -0.15) is 0 Å². The fraction of sp³-hybridized carbons (Fsp3) is 0.0192. The van der Waals surface area contributed by atoms with E-state index in [1.165, 1.54) is 44.5 Å². The van der Waals surface area contributed by atoms with Gasteiger partial charge in [-0.1, -0.05) is 212 Å². The lowest BCUT2D eigenvalue weighted by molar-refractivity contribution is 0.768. The van der Waals surface area contributed by atoms with Crippen LogP contribution >= 0.6 is 0 Å². The van der Waals surface area contributed by atoms with Crippen molar-refractivity contribution in [3.8, 4) is 67.5 Å². The molecule has 0 N–H and O–H groups in total. The largest absolute Gasteiger partial charge is 0.208 e. The molecular formula is C52H35N3. The summed E-state index contributed by atoms with van der Waals surface area (Å²) in [5.41, 5.74) is 14.9. The molecule has 1 aliphatic rings. The number of nitrogens with zero attached hydrogens (tertiary/aromatic N) is 3. The lowest BCUT2D eigenvalue weighted by Gasteiger charge is -2.34. The van der Waals surface area contributed by atoms with Crippen LogP contribution in [0.15, 0.2) is 212 Å². The van der Waals surface area contributed by atoms with Crippen molar-refractivity contribution in [2.24, 2.45) is 0 Å². The third kappa shape index (κ3) is 5.57. The standard InChI is InChI=1S/C52H35N3/c1-5-16-39(17-6-1)49-53-50(40-18-7-2-8-19-40)55-51(54-49)41-34-30-37(31-35-41)36-28-32-38(33-29-36)44-25-15-27-47-48(44)45-24-13-14-26-46(45)52(47,42-20-9-3-10-21-42)43-22-11-4-12-23-43/h1-35H. The average molecular weight is 702 g/mol. The zero-order valence-corrected chi connectivity index (χ0v) is 30.0. The van der Waals surface area contributed by atoms with Gasteiger partial charge in [0.25, 0.3) is 0 Å². The van der Waals surface area contributed by atoms with Gasteiger partial charge in [0, 0.05) is 16.7 Å². The van der Waals surface area contributed by atoms with Crippen molar-refractivity contribution in [3.05, 3.63) is 235 Å². The summed E-state index contributed by atoms with van der Waals surface area (Å²) in [4.78, 5) is 14.7. The monoisotopic (exact) mass is 701 g/mol. The Labute approximate surface area is 321 Å². The highest BCUT2D eigenvalue weighted by Gasteiger charge is 2.46. The number of fused-ring (bicyclic) bond motifs is 3. The van der Waals surface area contributed by atoms with Crippen molar-refractivity contribution in [1.82, 2.24) is 15.0 Å². The molecule has 0 amide bonds. The molecule has 3 nitrogen and oxygen atoms in total. The predicted molar refractivity (Wildman–Crippen MR) is 224 cm³/mol. The molecule has 0 bridgehead atoms. The Morgan fingerprint density at radius 3 is 1.13 bits per heavy atom. The molecule has 1 aliphatic carbocycles. The van der Waals surface area contributed by atoms with Crippen molar-refractivity contribution in [1.29, 1.82) is 0 Å². The Morgan fingerprint density at radius 1 is 0.255 bits per heavy atom. The van der Waals surface area contributed by atoms with Crippen LogP contribution in [-0.2, 0) is 5.41 Å². The molecule has 3 heteroatoms. The predicted octanol–water partition coefficient (Wildman–Crippen LogP) is 12.6. The van der Waals surface area contributed by atoms with Gasteiger partial charge in [0.2, 0.25) is 0 Å². The molecule has 8 aromatic carbocycles. The fourth-order valence-corrected chi connectivity index (χ4v) is 8.33. The second-order valence-corrected chi connectivity index (χ2v) is 13.9. The number of hydrogen-bond donors (Lipinski definition) is 0. The average Bonchev–Trinajstić information content (AvgIpc) is 3.59. The zero-order valence-electron chi connectivity index (χ0n) is 30.0. The molecule has 0 aliphatic heterocycles. The SMILES string of the molecule is c1ccc(-c2nc(-c3ccccc3)nc(-c3ccc(-c4ccc(-c5cccc6c5-c5ccccc5C6(c5ccccc5)c5ccccc5)cc4)cc3)n2)cc1. The van der Waals surface area contributed by atoms with Gasteiger partial charge < -0.3 is 0 Å². The van der Waals surface area contributed by atoms with Crippen LogP contribution in [0.3, 0.4) is 0 Å². The molecular weight excluding hydrogens is 667 g/mol. The van der Waals surface area contributed by atoms with Crippen LogP contribution in [0, 0.1) is 0 Å². The highest BCUT2D eigenvalue weighted by atomic mass is 15.0. The summed E-state index contributed by atoms with van der Waals surface area (Å²) < 4.78 is 0.